The molecule has 4 aliphatic rings. The number of quaternary nitrogens is 2. The quantitative estimate of drug-likeness (QED) is 0.0146. The first-order chi connectivity index (χ1) is 50.4. The van der Waals surface area contributed by atoms with E-state index in [1.165, 1.54) is 77.1 Å². The molecule has 24 nitrogen and oxygen atoms in total. The fraction of sp³-hybridized carbons (Fsp3) is 0.444. The van der Waals surface area contributed by atoms with Gasteiger partial charge in [-0.15, -0.1) is 0 Å². The smallest absolute Gasteiger partial charge is 0.430 e. The molecule has 8 N–H and O–H groups in total. The topological polar surface area (TPSA) is 289 Å². The summed E-state index contributed by atoms with van der Waals surface area (Å²) in [6.45, 7) is 21.0. The number of amides is 2. The lowest BCUT2D eigenvalue weighted by Crippen LogP contribution is -2.60. The van der Waals surface area contributed by atoms with E-state index >= 15 is 0 Å². The van der Waals surface area contributed by atoms with Gasteiger partial charge < -0.3 is 80.8 Å². The number of carboxylic acids is 2. The molecule has 106 heavy (non-hydrogen) atoms. The largest absolute Gasteiger partial charge is 0.542 e. The van der Waals surface area contributed by atoms with Crippen LogP contribution in [0.5, 0.6) is 11.5 Å². The molecule has 0 atom stereocenters. The Hall–Kier alpha value is -9.74. The van der Waals surface area contributed by atoms with Gasteiger partial charge in [-0.3, -0.25) is 18.4 Å². The predicted octanol–water partition coefficient (Wildman–Crippen LogP) is 6.59. The van der Waals surface area contributed by atoms with E-state index in [0.29, 0.717) is 71.4 Å². The number of benzene rings is 4. The van der Waals surface area contributed by atoms with Crippen LogP contribution in [0.2, 0.25) is 0 Å². The summed E-state index contributed by atoms with van der Waals surface area (Å²) in [6, 6.07) is 16.9. The lowest BCUT2D eigenvalue weighted by atomic mass is 9.97. The Kier molecular flexibility index (Phi) is 27.0. The van der Waals surface area contributed by atoms with E-state index in [4.69, 9.17) is 29.3 Å². The number of alkyl halides is 6. The number of hydrogen-bond acceptors (Lipinski definition) is 18. The minimum atomic E-state index is -5.19. The van der Waals surface area contributed by atoms with E-state index in [9.17, 15) is 53.5 Å². The normalized spacial score (nSPS) is 14.9. The molecule has 0 aliphatic carbocycles. The number of carbonyl (C=O) groups is 4. The van der Waals surface area contributed by atoms with Crippen LogP contribution >= 0.6 is 0 Å². The van der Waals surface area contributed by atoms with Gasteiger partial charge in [-0.25, -0.2) is 28.7 Å². The highest BCUT2D eigenvalue weighted by molar-refractivity contribution is 5.97. The number of rotatable bonds is 28. The number of nitrogens with one attached hydrogen (secondary N) is 8. The molecule has 572 valence electrons. The Labute approximate surface area is 604 Å². The zero-order chi connectivity index (χ0) is 76.7. The number of fused-ring (bicyclic) bond motifs is 2. The zero-order valence-corrected chi connectivity index (χ0v) is 59.3. The third kappa shape index (κ3) is 20.4. The second-order valence-corrected chi connectivity index (χ2v) is 27.1. The third-order valence-corrected chi connectivity index (χ3v) is 19.0. The van der Waals surface area contributed by atoms with Gasteiger partial charge in [-0.1, -0.05) is 13.8 Å². The predicted molar refractivity (Wildman–Crippen MR) is 371 cm³/mol. The van der Waals surface area contributed by atoms with Gasteiger partial charge in [0.2, 0.25) is 11.6 Å². The molecule has 2 amide bonds. The summed E-state index contributed by atoms with van der Waals surface area (Å²) in [5.74, 6) is -6.78. The van der Waals surface area contributed by atoms with Crippen LogP contribution in [0, 0.1) is 46.9 Å². The highest BCUT2D eigenvalue weighted by atomic mass is 19.4. The average Bonchev–Trinajstić information content (AvgIpc) is 1.61. The van der Waals surface area contributed by atoms with Crippen molar-refractivity contribution in [2.45, 2.75) is 51.9 Å². The van der Waals surface area contributed by atoms with Crippen molar-refractivity contribution >= 4 is 58.1 Å². The second-order valence-electron chi connectivity index (χ2n) is 27.1. The van der Waals surface area contributed by atoms with Crippen LogP contribution < -0.4 is 62.2 Å². The van der Waals surface area contributed by atoms with Gasteiger partial charge in [-0.05, 0) is 84.6 Å². The Morgan fingerprint density at radius 1 is 0.519 bits per heavy atom. The van der Waals surface area contributed by atoms with Crippen molar-refractivity contribution in [3.8, 4) is 34.0 Å². The highest BCUT2D eigenvalue weighted by Crippen LogP contribution is 2.35. The van der Waals surface area contributed by atoms with Crippen LogP contribution in [0.1, 0.15) is 58.5 Å². The minimum Gasteiger partial charge on any atom is -0.542 e. The molecule has 8 heterocycles. The number of anilines is 4. The molecular weight excluding hydrogens is 1410 g/mol. The van der Waals surface area contributed by atoms with E-state index in [1.807, 2.05) is 50.2 Å². The van der Waals surface area contributed by atoms with E-state index in [2.05, 4.69) is 76.6 Å². The number of methoxy groups -OCH3 is 2. The maximum Gasteiger partial charge on any atom is 0.430 e. The molecule has 4 saturated heterocycles. The van der Waals surface area contributed by atoms with E-state index < -0.39 is 47.6 Å². The summed E-state index contributed by atoms with van der Waals surface area (Å²) >= 11 is 0. The Morgan fingerprint density at radius 2 is 0.849 bits per heavy atom. The Bertz CT molecular complexity index is 4070. The first-order valence-electron chi connectivity index (χ1n) is 34.6. The van der Waals surface area contributed by atoms with Crippen molar-refractivity contribution < 1.29 is 91.7 Å². The van der Waals surface area contributed by atoms with Crippen molar-refractivity contribution in [2.75, 3.05) is 144 Å². The lowest BCUT2D eigenvalue weighted by Gasteiger charge is -2.44. The molecule has 8 aromatic rings. The molecule has 12 rings (SSSR count). The number of carboxylic acid groups (broad SMARTS) is 2. The van der Waals surface area contributed by atoms with Crippen LogP contribution in [0.4, 0.5) is 66.9 Å². The fourth-order valence-electron chi connectivity index (χ4n) is 13.3. The molecule has 4 aliphatic heterocycles. The Balaban J connectivity index is 0.000000208. The van der Waals surface area contributed by atoms with Gasteiger partial charge in [0.25, 0.3) is 11.8 Å². The fourth-order valence-corrected chi connectivity index (χ4v) is 13.3. The maximum absolute atomic E-state index is 14.9. The number of halogens is 10. The standard InChI is InChI=1S/2C34H42F2N8O2.2C2HF3O2/c2*1-4-24-14-25(42-32-33-41-19-28(43(33)12-11-39-32)27-8-9-29(46-3)31(36)30(27)35)6-7-26(24)34(45)40-10-5-13-44(2,20-22-15-37-16-22)21-23-17-38-18-23;2*3-2(4,5)1(6)7/h2*6-9,11-12,14,19,22-23,37-38H,4-5,10,13,15-18,20-21H2,1-3H3,(H-,39,40,42,45);2*(H,6,7). The van der Waals surface area contributed by atoms with Crippen LogP contribution in [0.25, 0.3) is 33.8 Å². The SMILES string of the molecule is CCc1cc(Nc2nccn3c(-c4ccc(OC)c(F)c4F)cnc23)ccc1C(=O)NCCC[N+](C)(CC1CNC1)CC1CNC1.CCc1cc(Nc2nccn3c(-c4ccc(OC)c(F)c4F)cnc23)ccc1C(=O)NCCC[N+](C)(CC1CNC1)CC1CNC1.O=C([O-])C(F)(F)F.O=C([O-])C(F)(F)F. The molecule has 0 bridgehead atoms. The number of imidazole rings is 2. The van der Waals surface area contributed by atoms with E-state index in [-0.39, 0.29) is 34.4 Å². The molecule has 4 fully saturated rings. The highest BCUT2D eigenvalue weighted by Gasteiger charge is 2.37. The number of aromatic nitrogens is 6. The molecule has 0 unspecified atom stereocenters. The van der Waals surface area contributed by atoms with Crippen molar-refractivity contribution in [3.63, 3.8) is 0 Å². The van der Waals surface area contributed by atoms with Gasteiger partial charge >= 0.3 is 12.4 Å². The molecule has 0 saturated carbocycles. The molecule has 0 spiro atoms. The van der Waals surface area contributed by atoms with Gasteiger partial charge in [0.1, 0.15) is 11.9 Å². The van der Waals surface area contributed by atoms with Gasteiger partial charge in [-0.2, -0.15) is 35.1 Å². The number of aliphatic carboxylic acids is 2. The summed E-state index contributed by atoms with van der Waals surface area (Å²) in [5.41, 5.74) is 6.35. The maximum atomic E-state index is 14.9. The first kappa shape index (κ1) is 80.4. The number of nitrogens with zero attached hydrogens (tertiary/aromatic N) is 8. The van der Waals surface area contributed by atoms with Crippen LogP contribution in [-0.4, -0.2) is 207 Å². The van der Waals surface area contributed by atoms with E-state index in [1.54, 1.807) is 33.6 Å². The lowest BCUT2D eigenvalue weighted by molar-refractivity contribution is -0.916. The second kappa shape index (κ2) is 35.6. The van der Waals surface area contributed by atoms with Crippen molar-refractivity contribution in [1.82, 2.24) is 60.6 Å². The average molecular weight is 1490 g/mol. The molecule has 0 radical (unpaired) electrons. The molecule has 34 heteroatoms. The van der Waals surface area contributed by atoms with Crippen LogP contribution in [-0.2, 0) is 22.4 Å². The summed E-state index contributed by atoms with van der Waals surface area (Å²) in [7, 11) is 7.32. The number of ether oxygens (including phenoxy) is 2. The number of aryl methyl sites for hydroxylation is 2. The van der Waals surface area contributed by atoms with Gasteiger partial charge in [0.15, 0.2) is 46.1 Å². The summed E-state index contributed by atoms with van der Waals surface area (Å²) in [4.78, 5) is 61.8. The van der Waals surface area contributed by atoms with Crippen LogP contribution in [0.15, 0.2) is 97.8 Å². The zero-order valence-electron chi connectivity index (χ0n) is 59.3. The Morgan fingerprint density at radius 3 is 1.13 bits per heavy atom. The van der Waals surface area contributed by atoms with E-state index in [0.717, 1.165) is 133 Å². The number of hydrogen-bond donors (Lipinski definition) is 8. The molecule has 4 aromatic heterocycles. The molecule has 4 aromatic carbocycles. The summed E-state index contributed by atoms with van der Waals surface area (Å²) in [5, 5.41) is 44.0. The monoisotopic (exact) mass is 1490 g/mol. The summed E-state index contributed by atoms with van der Waals surface area (Å²) in [6.07, 6.45) is 2.20. The van der Waals surface area contributed by atoms with Gasteiger partial charge in [0.05, 0.1) is 91.4 Å². The van der Waals surface area contributed by atoms with Gasteiger partial charge in [0, 0.05) is 160 Å². The van der Waals surface area contributed by atoms with Crippen molar-refractivity contribution in [2.24, 2.45) is 23.7 Å². The number of carbonyl (C=O) groups excluding carboxylic acids is 4. The van der Waals surface area contributed by atoms with Crippen LogP contribution in [0.3, 0.4) is 0 Å². The summed E-state index contributed by atoms with van der Waals surface area (Å²) < 4.78 is 137. The minimum absolute atomic E-state index is 0.0569. The first-order valence-corrected chi connectivity index (χ1v) is 34.6. The third-order valence-electron chi connectivity index (χ3n) is 19.0. The van der Waals surface area contributed by atoms with Crippen molar-refractivity contribution in [3.05, 3.63) is 143 Å². The molecular formula is C72H86F10N16O8. The van der Waals surface area contributed by atoms with Crippen molar-refractivity contribution in [1.29, 1.82) is 0 Å².